The van der Waals surface area contributed by atoms with Crippen LogP contribution in [0.3, 0.4) is 0 Å². The maximum absolute atomic E-state index is 12.6. The zero-order valence-corrected chi connectivity index (χ0v) is 12.8. The number of amides is 2. The molecule has 6 nitrogen and oxygen atoms in total. The van der Waals surface area contributed by atoms with Crippen molar-refractivity contribution in [2.45, 2.75) is 45.7 Å². The van der Waals surface area contributed by atoms with E-state index < -0.39 is 5.97 Å². The van der Waals surface area contributed by atoms with E-state index >= 15 is 0 Å². The Labute approximate surface area is 120 Å². The first-order valence-electron chi connectivity index (χ1n) is 7.16. The Morgan fingerprint density at radius 1 is 1.25 bits per heavy atom. The Balaban J connectivity index is 2.79. The van der Waals surface area contributed by atoms with Gasteiger partial charge in [-0.3, -0.25) is 4.79 Å². The molecule has 116 valence electrons. The van der Waals surface area contributed by atoms with E-state index in [2.05, 4.69) is 0 Å². The van der Waals surface area contributed by atoms with Crippen molar-refractivity contribution in [1.82, 2.24) is 9.80 Å². The van der Waals surface area contributed by atoms with Gasteiger partial charge in [-0.15, -0.1) is 0 Å². The monoisotopic (exact) mass is 286 g/mol. The molecule has 0 aliphatic heterocycles. The molecule has 2 amide bonds. The number of ether oxygens (including phenoxy) is 1. The van der Waals surface area contributed by atoms with Crippen molar-refractivity contribution in [3.8, 4) is 0 Å². The number of urea groups is 1. The molecule has 0 aromatic rings. The van der Waals surface area contributed by atoms with Gasteiger partial charge in [-0.2, -0.15) is 0 Å². The minimum atomic E-state index is -0.988. The van der Waals surface area contributed by atoms with Gasteiger partial charge in [0.1, 0.15) is 6.54 Å². The Morgan fingerprint density at radius 3 is 2.25 bits per heavy atom. The largest absolute Gasteiger partial charge is 0.480 e. The topological polar surface area (TPSA) is 70.1 Å². The van der Waals surface area contributed by atoms with Crippen molar-refractivity contribution in [3.05, 3.63) is 0 Å². The summed E-state index contributed by atoms with van der Waals surface area (Å²) in [6.07, 6.45) is 2.27. The van der Waals surface area contributed by atoms with Gasteiger partial charge in [-0.05, 0) is 39.5 Å². The van der Waals surface area contributed by atoms with E-state index in [-0.39, 0.29) is 24.7 Å². The molecule has 1 unspecified atom stereocenters. The lowest BCUT2D eigenvalue weighted by molar-refractivity contribution is -0.138. The van der Waals surface area contributed by atoms with Crippen molar-refractivity contribution >= 4 is 12.0 Å². The number of hydrogen-bond donors (Lipinski definition) is 1. The predicted octanol–water partition coefficient (Wildman–Crippen LogP) is 1.65. The number of aliphatic carboxylic acids is 1. The highest BCUT2D eigenvalue weighted by Gasteiger charge is 2.36. The van der Waals surface area contributed by atoms with E-state index in [0.717, 1.165) is 12.8 Å². The minimum absolute atomic E-state index is 0.132. The van der Waals surface area contributed by atoms with Crippen LogP contribution in [0.5, 0.6) is 0 Å². The van der Waals surface area contributed by atoms with Crippen molar-refractivity contribution in [2.75, 3.05) is 26.8 Å². The number of nitrogens with zero attached hydrogens (tertiary/aromatic N) is 2. The molecule has 0 bridgehead atoms. The first kappa shape index (κ1) is 16.8. The molecule has 6 heteroatoms. The van der Waals surface area contributed by atoms with Crippen molar-refractivity contribution in [3.63, 3.8) is 0 Å². The summed E-state index contributed by atoms with van der Waals surface area (Å²) < 4.78 is 5.07. The standard InChI is InChI=1S/C14H26N2O4/c1-10(2)16(9-13(17)18)14(19)15(7-8-20-4)11(3)12-5-6-12/h10-12H,5-9H2,1-4H3,(H,17,18). The molecule has 1 aliphatic rings. The Morgan fingerprint density at radius 2 is 1.85 bits per heavy atom. The maximum atomic E-state index is 12.6. The Kier molecular flexibility index (Phi) is 6.26. The van der Waals surface area contributed by atoms with Crippen LogP contribution in [0.4, 0.5) is 4.79 Å². The number of carboxylic acid groups (broad SMARTS) is 1. The highest BCUT2D eigenvalue weighted by Crippen LogP contribution is 2.35. The van der Waals surface area contributed by atoms with Crippen LogP contribution in [0.2, 0.25) is 0 Å². The van der Waals surface area contributed by atoms with Crippen LogP contribution in [0, 0.1) is 5.92 Å². The third-order valence-electron chi connectivity index (χ3n) is 3.75. The van der Waals surface area contributed by atoms with Gasteiger partial charge in [0, 0.05) is 25.7 Å². The maximum Gasteiger partial charge on any atom is 0.323 e. The number of carboxylic acids is 1. The number of methoxy groups -OCH3 is 1. The summed E-state index contributed by atoms with van der Waals surface area (Å²) in [5.41, 5.74) is 0. The van der Waals surface area contributed by atoms with Crippen LogP contribution in [0.25, 0.3) is 0 Å². The molecule has 0 heterocycles. The number of hydrogen-bond acceptors (Lipinski definition) is 3. The lowest BCUT2D eigenvalue weighted by Gasteiger charge is -2.36. The van der Waals surface area contributed by atoms with Crippen LogP contribution in [0.15, 0.2) is 0 Å². The van der Waals surface area contributed by atoms with Crippen LogP contribution in [-0.2, 0) is 9.53 Å². The SMILES string of the molecule is COCCN(C(=O)N(CC(=O)O)C(C)C)C(C)C1CC1. The Hall–Kier alpha value is -1.30. The lowest BCUT2D eigenvalue weighted by Crippen LogP contribution is -2.52. The zero-order valence-electron chi connectivity index (χ0n) is 12.8. The van der Waals surface area contributed by atoms with Gasteiger partial charge in [0.25, 0.3) is 0 Å². The van der Waals surface area contributed by atoms with E-state index in [9.17, 15) is 9.59 Å². The highest BCUT2D eigenvalue weighted by molar-refractivity contribution is 5.80. The second-order valence-corrected chi connectivity index (χ2v) is 5.66. The van der Waals surface area contributed by atoms with Crippen LogP contribution in [-0.4, -0.2) is 65.8 Å². The molecule has 1 saturated carbocycles. The molecule has 0 aromatic heterocycles. The lowest BCUT2D eigenvalue weighted by atomic mass is 10.2. The fourth-order valence-corrected chi connectivity index (χ4v) is 2.28. The second-order valence-electron chi connectivity index (χ2n) is 5.66. The molecule has 20 heavy (non-hydrogen) atoms. The second kappa shape index (κ2) is 7.47. The fraction of sp³-hybridized carbons (Fsp3) is 0.857. The van der Waals surface area contributed by atoms with Gasteiger partial charge < -0.3 is 19.6 Å². The summed E-state index contributed by atoms with van der Waals surface area (Å²) >= 11 is 0. The molecular weight excluding hydrogens is 260 g/mol. The van der Waals surface area contributed by atoms with E-state index in [1.54, 1.807) is 12.0 Å². The van der Waals surface area contributed by atoms with Gasteiger partial charge >= 0.3 is 12.0 Å². The minimum Gasteiger partial charge on any atom is -0.480 e. The summed E-state index contributed by atoms with van der Waals surface area (Å²) in [5, 5.41) is 8.96. The third kappa shape index (κ3) is 4.67. The third-order valence-corrected chi connectivity index (χ3v) is 3.75. The Bertz CT molecular complexity index is 342. The quantitative estimate of drug-likeness (QED) is 0.736. The zero-order chi connectivity index (χ0) is 15.3. The first-order valence-corrected chi connectivity index (χ1v) is 7.16. The number of carbonyl (C=O) groups is 2. The van der Waals surface area contributed by atoms with E-state index in [1.807, 2.05) is 20.8 Å². The number of carbonyl (C=O) groups excluding carboxylic acids is 1. The summed E-state index contributed by atoms with van der Waals surface area (Å²) in [5.74, 6) is -0.451. The van der Waals surface area contributed by atoms with Gasteiger partial charge in [-0.25, -0.2) is 4.79 Å². The molecule has 1 rings (SSSR count). The van der Waals surface area contributed by atoms with Gasteiger partial charge in [-0.1, -0.05) is 0 Å². The van der Waals surface area contributed by atoms with Gasteiger partial charge in [0.15, 0.2) is 0 Å². The van der Waals surface area contributed by atoms with Crippen molar-refractivity contribution in [1.29, 1.82) is 0 Å². The highest BCUT2D eigenvalue weighted by atomic mass is 16.5. The summed E-state index contributed by atoms with van der Waals surface area (Å²) in [6, 6.07) is -0.221. The average Bonchev–Trinajstić information content (AvgIpc) is 3.19. The molecule has 0 radical (unpaired) electrons. The molecule has 1 aliphatic carbocycles. The fourth-order valence-electron chi connectivity index (χ4n) is 2.28. The smallest absolute Gasteiger partial charge is 0.323 e. The molecule has 0 saturated heterocycles. The first-order chi connectivity index (χ1) is 9.38. The molecule has 0 spiro atoms. The van der Waals surface area contributed by atoms with E-state index in [4.69, 9.17) is 9.84 Å². The number of rotatable bonds is 8. The summed E-state index contributed by atoms with van der Waals surface area (Å²) in [7, 11) is 1.60. The van der Waals surface area contributed by atoms with Gasteiger partial charge in [0.05, 0.1) is 6.61 Å². The summed E-state index contributed by atoms with van der Waals surface area (Å²) in [4.78, 5) is 26.7. The summed E-state index contributed by atoms with van der Waals surface area (Å²) in [6.45, 7) is 6.38. The molecule has 0 aromatic carbocycles. The molecule has 1 N–H and O–H groups in total. The van der Waals surface area contributed by atoms with Crippen LogP contribution < -0.4 is 0 Å². The van der Waals surface area contributed by atoms with Gasteiger partial charge in [0.2, 0.25) is 0 Å². The van der Waals surface area contributed by atoms with E-state index in [0.29, 0.717) is 19.1 Å². The normalized spacial score (nSPS) is 16.1. The van der Waals surface area contributed by atoms with Crippen molar-refractivity contribution in [2.24, 2.45) is 5.92 Å². The molecule has 1 fully saturated rings. The van der Waals surface area contributed by atoms with Crippen LogP contribution >= 0.6 is 0 Å². The predicted molar refractivity (Wildman–Crippen MR) is 75.6 cm³/mol. The van der Waals surface area contributed by atoms with Crippen molar-refractivity contribution < 1.29 is 19.4 Å². The molecular formula is C14H26N2O4. The van der Waals surface area contributed by atoms with Crippen LogP contribution in [0.1, 0.15) is 33.6 Å². The molecule has 1 atom stereocenters. The van der Waals surface area contributed by atoms with E-state index in [1.165, 1.54) is 4.90 Å². The average molecular weight is 286 g/mol.